The van der Waals surface area contributed by atoms with Crippen LogP contribution in [0.15, 0.2) is 48.5 Å². The summed E-state index contributed by atoms with van der Waals surface area (Å²) >= 11 is 0. The number of carbonyl (C=O) groups is 2. The molecule has 1 aliphatic heterocycles. The quantitative estimate of drug-likeness (QED) is 0.617. The summed E-state index contributed by atoms with van der Waals surface area (Å²) in [6.45, 7) is 4.78. The minimum atomic E-state index is -0.0776. The Balaban J connectivity index is 1.41. The molecule has 3 rings (SSSR count). The number of amides is 2. The minimum Gasteiger partial charge on any atom is -0.497 e. The van der Waals surface area contributed by atoms with Crippen molar-refractivity contribution in [3.63, 3.8) is 0 Å². The number of benzene rings is 2. The summed E-state index contributed by atoms with van der Waals surface area (Å²) < 4.78 is 16.4. The SMILES string of the molecule is CCCOc1ccc(OCC(=O)N2CCN(C(=O)Cc3cccc(OC)c3)CC2)cc1. The lowest BCUT2D eigenvalue weighted by Gasteiger charge is -2.34. The normalized spacial score (nSPS) is 13.6. The summed E-state index contributed by atoms with van der Waals surface area (Å²) in [5.74, 6) is 2.14. The second-order valence-electron chi connectivity index (χ2n) is 7.40. The molecule has 7 heteroatoms. The first-order chi connectivity index (χ1) is 15.1. The predicted octanol–water partition coefficient (Wildman–Crippen LogP) is 2.78. The third-order valence-electron chi connectivity index (χ3n) is 5.13. The Hall–Kier alpha value is -3.22. The van der Waals surface area contributed by atoms with Gasteiger partial charge in [0.1, 0.15) is 17.2 Å². The third kappa shape index (κ3) is 6.64. The summed E-state index contributed by atoms with van der Waals surface area (Å²) in [5.41, 5.74) is 0.919. The molecular formula is C24H30N2O5. The molecule has 7 nitrogen and oxygen atoms in total. The molecule has 0 saturated carbocycles. The molecule has 1 aliphatic rings. The number of ether oxygens (including phenoxy) is 3. The number of hydrogen-bond acceptors (Lipinski definition) is 5. The zero-order valence-electron chi connectivity index (χ0n) is 18.2. The second kappa shape index (κ2) is 11.2. The number of rotatable bonds is 9. The predicted molar refractivity (Wildman–Crippen MR) is 118 cm³/mol. The van der Waals surface area contributed by atoms with E-state index in [-0.39, 0.29) is 18.4 Å². The fourth-order valence-electron chi connectivity index (χ4n) is 3.36. The number of methoxy groups -OCH3 is 1. The van der Waals surface area contributed by atoms with Crippen LogP contribution in [0, 0.1) is 0 Å². The van der Waals surface area contributed by atoms with Gasteiger partial charge >= 0.3 is 0 Å². The number of hydrogen-bond donors (Lipinski definition) is 0. The molecule has 1 fully saturated rings. The first-order valence-electron chi connectivity index (χ1n) is 10.6. The maximum Gasteiger partial charge on any atom is 0.260 e. The van der Waals surface area contributed by atoms with Gasteiger partial charge in [-0.15, -0.1) is 0 Å². The van der Waals surface area contributed by atoms with Crippen LogP contribution in [0.5, 0.6) is 17.2 Å². The van der Waals surface area contributed by atoms with E-state index in [2.05, 4.69) is 6.92 Å². The Labute approximate surface area is 183 Å². The van der Waals surface area contributed by atoms with Crippen LogP contribution in [0.4, 0.5) is 0 Å². The molecular weight excluding hydrogens is 396 g/mol. The molecule has 0 N–H and O–H groups in total. The molecule has 0 aromatic heterocycles. The van der Waals surface area contributed by atoms with Gasteiger partial charge in [0.25, 0.3) is 5.91 Å². The topological polar surface area (TPSA) is 68.3 Å². The van der Waals surface area contributed by atoms with Gasteiger partial charge in [0.15, 0.2) is 6.61 Å². The molecule has 0 bridgehead atoms. The standard InChI is InChI=1S/C24H30N2O5/c1-3-15-30-20-7-9-21(10-8-20)31-18-24(28)26-13-11-25(12-14-26)23(27)17-19-5-4-6-22(16-19)29-2/h4-10,16H,3,11-15,17-18H2,1-2H3. The van der Waals surface area contributed by atoms with E-state index < -0.39 is 0 Å². The van der Waals surface area contributed by atoms with Crippen molar-refractivity contribution in [3.05, 3.63) is 54.1 Å². The molecule has 0 radical (unpaired) electrons. The number of piperazine rings is 1. The van der Waals surface area contributed by atoms with Gasteiger partial charge in [-0.05, 0) is 48.4 Å². The zero-order chi connectivity index (χ0) is 22.1. The lowest BCUT2D eigenvalue weighted by Crippen LogP contribution is -2.52. The molecule has 0 atom stereocenters. The van der Waals surface area contributed by atoms with E-state index in [0.717, 1.165) is 23.5 Å². The van der Waals surface area contributed by atoms with E-state index >= 15 is 0 Å². The van der Waals surface area contributed by atoms with E-state index in [1.54, 1.807) is 29.0 Å². The second-order valence-corrected chi connectivity index (χ2v) is 7.40. The Bertz CT molecular complexity index is 861. The minimum absolute atomic E-state index is 0.0209. The van der Waals surface area contributed by atoms with Crippen LogP contribution < -0.4 is 14.2 Å². The molecule has 0 spiro atoms. The Morgan fingerprint density at radius 1 is 0.839 bits per heavy atom. The van der Waals surface area contributed by atoms with Gasteiger partial charge in [-0.3, -0.25) is 9.59 Å². The van der Waals surface area contributed by atoms with Gasteiger partial charge in [0.05, 0.1) is 20.1 Å². The summed E-state index contributed by atoms with van der Waals surface area (Å²) in [7, 11) is 1.61. The van der Waals surface area contributed by atoms with Crippen LogP contribution >= 0.6 is 0 Å². The maximum atomic E-state index is 12.6. The van der Waals surface area contributed by atoms with Crippen LogP contribution in [-0.4, -0.2) is 68.1 Å². The van der Waals surface area contributed by atoms with Crippen LogP contribution in [0.25, 0.3) is 0 Å². The fraction of sp³-hybridized carbons (Fsp3) is 0.417. The van der Waals surface area contributed by atoms with Crippen molar-refractivity contribution < 1.29 is 23.8 Å². The smallest absolute Gasteiger partial charge is 0.260 e. The summed E-state index contributed by atoms with van der Waals surface area (Å²) in [6, 6.07) is 14.8. The van der Waals surface area contributed by atoms with Crippen LogP contribution in [0.3, 0.4) is 0 Å². The van der Waals surface area contributed by atoms with E-state index in [4.69, 9.17) is 14.2 Å². The van der Waals surface area contributed by atoms with Gasteiger partial charge in [-0.1, -0.05) is 19.1 Å². The van der Waals surface area contributed by atoms with E-state index in [1.165, 1.54) is 0 Å². The molecule has 1 heterocycles. The van der Waals surface area contributed by atoms with Crippen molar-refractivity contribution in [1.29, 1.82) is 0 Å². The van der Waals surface area contributed by atoms with Crippen LogP contribution in [-0.2, 0) is 16.0 Å². The summed E-state index contributed by atoms with van der Waals surface area (Å²) in [6.07, 6.45) is 1.28. The molecule has 166 valence electrons. The lowest BCUT2D eigenvalue weighted by molar-refractivity contribution is -0.140. The Morgan fingerprint density at radius 3 is 2.06 bits per heavy atom. The highest BCUT2D eigenvalue weighted by Gasteiger charge is 2.24. The van der Waals surface area contributed by atoms with E-state index in [0.29, 0.717) is 45.0 Å². The largest absolute Gasteiger partial charge is 0.497 e. The van der Waals surface area contributed by atoms with Crippen LogP contribution in [0.2, 0.25) is 0 Å². The van der Waals surface area contributed by atoms with Gasteiger partial charge in [-0.25, -0.2) is 0 Å². The van der Waals surface area contributed by atoms with Crippen molar-refractivity contribution in [1.82, 2.24) is 9.80 Å². The average Bonchev–Trinajstić information content (AvgIpc) is 2.82. The Kier molecular flexibility index (Phi) is 8.15. The van der Waals surface area contributed by atoms with Crippen molar-refractivity contribution in [2.24, 2.45) is 0 Å². The molecule has 2 amide bonds. The molecule has 0 unspecified atom stereocenters. The van der Waals surface area contributed by atoms with Crippen molar-refractivity contribution in [2.45, 2.75) is 19.8 Å². The van der Waals surface area contributed by atoms with Gasteiger partial charge in [-0.2, -0.15) is 0 Å². The molecule has 31 heavy (non-hydrogen) atoms. The van der Waals surface area contributed by atoms with Crippen molar-refractivity contribution in [2.75, 3.05) is 46.5 Å². The molecule has 0 aliphatic carbocycles. The first kappa shape index (κ1) is 22.5. The monoisotopic (exact) mass is 426 g/mol. The summed E-state index contributed by atoms with van der Waals surface area (Å²) in [5, 5.41) is 0. The van der Waals surface area contributed by atoms with E-state index in [1.807, 2.05) is 36.4 Å². The number of nitrogens with zero attached hydrogens (tertiary/aromatic N) is 2. The lowest BCUT2D eigenvalue weighted by atomic mass is 10.1. The van der Waals surface area contributed by atoms with Crippen molar-refractivity contribution >= 4 is 11.8 Å². The molecule has 2 aromatic carbocycles. The van der Waals surface area contributed by atoms with Crippen molar-refractivity contribution in [3.8, 4) is 17.2 Å². The highest BCUT2D eigenvalue weighted by atomic mass is 16.5. The fourth-order valence-corrected chi connectivity index (χ4v) is 3.36. The highest BCUT2D eigenvalue weighted by Crippen LogP contribution is 2.18. The van der Waals surface area contributed by atoms with Gasteiger partial charge in [0, 0.05) is 26.2 Å². The van der Waals surface area contributed by atoms with E-state index in [9.17, 15) is 9.59 Å². The summed E-state index contributed by atoms with van der Waals surface area (Å²) in [4.78, 5) is 28.6. The zero-order valence-corrected chi connectivity index (χ0v) is 18.2. The number of carbonyl (C=O) groups excluding carboxylic acids is 2. The third-order valence-corrected chi connectivity index (χ3v) is 5.13. The van der Waals surface area contributed by atoms with Crippen LogP contribution in [0.1, 0.15) is 18.9 Å². The Morgan fingerprint density at radius 2 is 1.45 bits per heavy atom. The average molecular weight is 427 g/mol. The molecule has 1 saturated heterocycles. The maximum absolute atomic E-state index is 12.6. The first-order valence-corrected chi connectivity index (χ1v) is 10.6. The van der Waals surface area contributed by atoms with Gasteiger partial charge in [0.2, 0.25) is 5.91 Å². The molecule has 2 aromatic rings. The van der Waals surface area contributed by atoms with Gasteiger partial charge < -0.3 is 24.0 Å². The highest BCUT2D eigenvalue weighted by molar-refractivity contribution is 5.80.